The maximum Gasteiger partial charge on any atom is 0.133 e. The fourth-order valence-corrected chi connectivity index (χ4v) is 2.02. The second-order valence-corrected chi connectivity index (χ2v) is 4.66. The number of aromatic nitrogens is 3. The van der Waals surface area contributed by atoms with E-state index in [4.69, 9.17) is 5.73 Å². The topological polar surface area (TPSA) is 56.7 Å². The number of hydrogen-bond acceptors (Lipinski definition) is 3. The third-order valence-corrected chi connectivity index (χ3v) is 3.29. The van der Waals surface area contributed by atoms with E-state index in [0.29, 0.717) is 5.92 Å². The van der Waals surface area contributed by atoms with Crippen molar-refractivity contribution >= 4 is 0 Å². The first kappa shape index (κ1) is 10.6. The highest BCUT2D eigenvalue weighted by molar-refractivity contribution is 5.01. The molecule has 2 unspecified atom stereocenters. The molecule has 0 spiro atoms. The molecule has 0 aliphatic carbocycles. The van der Waals surface area contributed by atoms with Gasteiger partial charge in [-0.05, 0) is 12.3 Å². The zero-order chi connectivity index (χ0) is 10.8. The van der Waals surface area contributed by atoms with E-state index in [-0.39, 0.29) is 6.04 Å². The summed E-state index contributed by atoms with van der Waals surface area (Å²) in [4.78, 5) is 0. The van der Waals surface area contributed by atoms with Crippen LogP contribution in [0.25, 0.3) is 0 Å². The third-order valence-electron chi connectivity index (χ3n) is 3.29. The van der Waals surface area contributed by atoms with Crippen molar-refractivity contribution < 1.29 is 0 Å². The van der Waals surface area contributed by atoms with Crippen LogP contribution < -0.4 is 5.73 Å². The minimum atomic E-state index is 0.282. The molecule has 0 saturated heterocycles. The molecule has 0 saturated carbocycles. The number of nitrogens with zero attached hydrogens (tertiary/aromatic N) is 3. The van der Waals surface area contributed by atoms with E-state index in [0.717, 1.165) is 37.5 Å². The highest BCUT2D eigenvalue weighted by atomic mass is 15.3. The van der Waals surface area contributed by atoms with Crippen molar-refractivity contribution in [1.82, 2.24) is 14.8 Å². The molecular formula is C11H20N4. The Morgan fingerprint density at radius 3 is 3.07 bits per heavy atom. The van der Waals surface area contributed by atoms with Crippen molar-refractivity contribution in [3.05, 3.63) is 11.6 Å². The lowest BCUT2D eigenvalue weighted by molar-refractivity contribution is 0.431. The Balaban J connectivity index is 2.15. The van der Waals surface area contributed by atoms with Gasteiger partial charge in [0.15, 0.2) is 0 Å². The average Bonchev–Trinajstić information content (AvgIpc) is 2.61. The molecule has 0 bridgehead atoms. The van der Waals surface area contributed by atoms with Gasteiger partial charge in [0.25, 0.3) is 0 Å². The van der Waals surface area contributed by atoms with Crippen molar-refractivity contribution in [3.63, 3.8) is 0 Å². The standard InChI is InChI=1S/C11H20N4/c1-3-8(2)6-11-14-13-10-5-4-9(12)7-15(10)11/h8-9H,3-7,12H2,1-2H3. The molecule has 15 heavy (non-hydrogen) atoms. The van der Waals surface area contributed by atoms with Crippen LogP contribution in [0.1, 0.15) is 38.3 Å². The lowest BCUT2D eigenvalue weighted by Crippen LogP contribution is -2.33. The zero-order valence-corrected chi connectivity index (χ0v) is 9.61. The Morgan fingerprint density at radius 1 is 1.53 bits per heavy atom. The Bertz CT molecular complexity index is 331. The fourth-order valence-electron chi connectivity index (χ4n) is 2.02. The van der Waals surface area contributed by atoms with Crippen molar-refractivity contribution in [2.24, 2.45) is 11.7 Å². The van der Waals surface area contributed by atoms with E-state index in [2.05, 4.69) is 28.6 Å². The van der Waals surface area contributed by atoms with Gasteiger partial charge in [0.1, 0.15) is 11.6 Å². The van der Waals surface area contributed by atoms with Crippen LogP contribution in [0.15, 0.2) is 0 Å². The van der Waals surface area contributed by atoms with Gasteiger partial charge in [0.2, 0.25) is 0 Å². The average molecular weight is 208 g/mol. The van der Waals surface area contributed by atoms with Gasteiger partial charge in [-0.15, -0.1) is 10.2 Å². The summed E-state index contributed by atoms with van der Waals surface area (Å²) < 4.78 is 2.22. The van der Waals surface area contributed by atoms with Gasteiger partial charge in [-0.1, -0.05) is 20.3 Å². The quantitative estimate of drug-likeness (QED) is 0.810. The summed E-state index contributed by atoms with van der Waals surface area (Å²) in [7, 11) is 0. The number of nitrogens with two attached hydrogens (primary N) is 1. The Labute approximate surface area is 90.9 Å². The Hall–Kier alpha value is -0.900. The van der Waals surface area contributed by atoms with E-state index < -0.39 is 0 Å². The predicted molar refractivity (Wildman–Crippen MR) is 59.5 cm³/mol. The Morgan fingerprint density at radius 2 is 2.33 bits per heavy atom. The van der Waals surface area contributed by atoms with Gasteiger partial charge in [-0.3, -0.25) is 0 Å². The van der Waals surface area contributed by atoms with Crippen molar-refractivity contribution in [2.75, 3.05) is 0 Å². The molecule has 4 heteroatoms. The first-order valence-electron chi connectivity index (χ1n) is 5.87. The lowest BCUT2D eigenvalue weighted by Gasteiger charge is -2.21. The molecule has 1 aliphatic heterocycles. The molecule has 0 aromatic carbocycles. The summed E-state index contributed by atoms with van der Waals surface area (Å²) in [5.74, 6) is 2.92. The second-order valence-electron chi connectivity index (χ2n) is 4.66. The fraction of sp³-hybridized carbons (Fsp3) is 0.818. The highest BCUT2D eigenvalue weighted by Crippen LogP contribution is 2.17. The third kappa shape index (κ3) is 2.20. The summed E-state index contributed by atoms with van der Waals surface area (Å²) in [6.07, 6.45) is 4.24. The molecule has 84 valence electrons. The van der Waals surface area contributed by atoms with E-state index in [9.17, 15) is 0 Å². The molecule has 1 aliphatic rings. The predicted octanol–water partition coefficient (Wildman–Crippen LogP) is 1.14. The van der Waals surface area contributed by atoms with Gasteiger partial charge in [0, 0.05) is 25.4 Å². The van der Waals surface area contributed by atoms with E-state index in [1.165, 1.54) is 6.42 Å². The largest absolute Gasteiger partial charge is 0.326 e. The zero-order valence-electron chi connectivity index (χ0n) is 9.61. The molecule has 1 aromatic heterocycles. The SMILES string of the molecule is CCC(C)Cc1nnc2n1CC(N)CC2. The number of rotatable bonds is 3. The molecule has 0 radical (unpaired) electrons. The summed E-state index contributed by atoms with van der Waals surface area (Å²) in [6, 6.07) is 0.282. The molecule has 2 N–H and O–H groups in total. The molecule has 1 aromatic rings. The number of aryl methyl sites for hydroxylation is 1. The highest BCUT2D eigenvalue weighted by Gasteiger charge is 2.20. The van der Waals surface area contributed by atoms with Crippen LogP contribution in [0.3, 0.4) is 0 Å². The van der Waals surface area contributed by atoms with Crippen LogP contribution in [-0.2, 0) is 19.4 Å². The number of hydrogen-bond donors (Lipinski definition) is 1. The van der Waals surface area contributed by atoms with Gasteiger partial charge < -0.3 is 10.3 Å². The minimum Gasteiger partial charge on any atom is -0.326 e. The van der Waals surface area contributed by atoms with Crippen molar-refractivity contribution in [1.29, 1.82) is 0 Å². The van der Waals surface area contributed by atoms with Crippen LogP contribution in [0, 0.1) is 5.92 Å². The minimum absolute atomic E-state index is 0.282. The van der Waals surface area contributed by atoms with Gasteiger partial charge in [-0.2, -0.15) is 0 Å². The molecule has 4 nitrogen and oxygen atoms in total. The first-order valence-corrected chi connectivity index (χ1v) is 5.87. The van der Waals surface area contributed by atoms with Gasteiger partial charge >= 0.3 is 0 Å². The van der Waals surface area contributed by atoms with Gasteiger partial charge in [-0.25, -0.2) is 0 Å². The summed E-state index contributed by atoms with van der Waals surface area (Å²) >= 11 is 0. The molecular weight excluding hydrogens is 188 g/mol. The van der Waals surface area contributed by atoms with Crippen LogP contribution in [0.5, 0.6) is 0 Å². The summed E-state index contributed by atoms with van der Waals surface area (Å²) in [5, 5.41) is 8.51. The number of fused-ring (bicyclic) bond motifs is 1. The van der Waals surface area contributed by atoms with Crippen LogP contribution in [0.4, 0.5) is 0 Å². The maximum absolute atomic E-state index is 5.96. The molecule has 0 fully saturated rings. The molecule has 0 amide bonds. The van der Waals surface area contributed by atoms with Gasteiger partial charge in [0.05, 0.1) is 0 Å². The van der Waals surface area contributed by atoms with Crippen LogP contribution in [0.2, 0.25) is 0 Å². The normalized spacial score (nSPS) is 22.5. The lowest BCUT2D eigenvalue weighted by atomic mass is 10.0. The monoisotopic (exact) mass is 208 g/mol. The second kappa shape index (κ2) is 4.31. The Kier molecular flexibility index (Phi) is 3.05. The van der Waals surface area contributed by atoms with E-state index in [1.54, 1.807) is 0 Å². The molecule has 2 rings (SSSR count). The van der Waals surface area contributed by atoms with E-state index >= 15 is 0 Å². The van der Waals surface area contributed by atoms with E-state index in [1.807, 2.05) is 0 Å². The van der Waals surface area contributed by atoms with Crippen molar-refractivity contribution in [2.45, 2.75) is 52.1 Å². The summed E-state index contributed by atoms with van der Waals surface area (Å²) in [5.41, 5.74) is 5.96. The molecule has 2 atom stereocenters. The molecule has 2 heterocycles. The summed E-state index contributed by atoms with van der Waals surface area (Å²) in [6.45, 7) is 5.36. The van der Waals surface area contributed by atoms with Crippen LogP contribution >= 0.6 is 0 Å². The van der Waals surface area contributed by atoms with Crippen molar-refractivity contribution in [3.8, 4) is 0 Å². The first-order chi connectivity index (χ1) is 7.20. The smallest absolute Gasteiger partial charge is 0.133 e. The van der Waals surface area contributed by atoms with Crippen LogP contribution in [-0.4, -0.2) is 20.8 Å². The maximum atomic E-state index is 5.96.